The van der Waals surface area contributed by atoms with Gasteiger partial charge in [-0.25, -0.2) is 10.0 Å². The summed E-state index contributed by atoms with van der Waals surface area (Å²) in [5, 5.41) is 1.82. The highest BCUT2D eigenvalue weighted by Gasteiger charge is 2.00. The third-order valence-electron chi connectivity index (χ3n) is 1.19. The Bertz CT molecular complexity index is 243. The molecule has 0 aromatic carbocycles. The van der Waals surface area contributed by atoms with E-state index in [4.69, 9.17) is 16.4 Å². The zero-order chi connectivity index (χ0) is 8.27. The van der Waals surface area contributed by atoms with Crippen molar-refractivity contribution in [3.05, 3.63) is 17.5 Å². The highest BCUT2D eigenvalue weighted by Crippen LogP contribution is 2.09. The quantitative estimate of drug-likeness (QED) is 0.629. The fraction of sp³-hybridized carbons (Fsp3) is 0.333. The number of hydroxylamine groups is 1. The Morgan fingerprint density at radius 3 is 2.82 bits per heavy atom. The molecule has 0 saturated heterocycles. The molecular weight excluding hydrogens is 166 g/mol. The van der Waals surface area contributed by atoms with E-state index in [0.29, 0.717) is 11.0 Å². The van der Waals surface area contributed by atoms with E-state index >= 15 is 0 Å². The number of nitrogens with zero attached hydrogens (tertiary/aromatic N) is 3. The van der Waals surface area contributed by atoms with E-state index in [1.165, 1.54) is 11.3 Å². The summed E-state index contributed by atoms with van der Waals surface area (Å²) >= 11 is 5.59. The second-order valence-electron chi connectivity index (χ2n) is 1.88. The highest BCUT2D eigenvalue weighted by atomic mass is 35.5. The van der Waals surface area contributed by atoms with E-state index in [9.17, 15) is 0 Å². The van der Waals surface area contributed by atoms with Gasteiger partial charge in [0.15, 0.2) is 5.82 Å². The number of hydrogen-bond donors (Lipinski definition) is 0. The van der Waals surface area contributed by atoms with Gasteiger partial charge in [0.05, 0.1) is 19.5 Å². The van der Waals surface area contributed by atoms with Gasteiger partial charge in [0.25, 0.3) is 0 Å². The zero-order valence-electron chi connectivity index (χ0n) is 6.28. The van der Waals surface area contributed by atoms with Crippen LogP contribution in [0.5, 0.6) is 0 Å². The van der Waals surface area contributed by atoms with Crippen LogP contribution in [0.1, 0.15) is 0 Å². The monoisotopic (exact) mass is 173 g/mol. The van der Waals surface area contributed by atoms with Gasteiger partial charge in [-0.05, 0) is 0 Å². The molecule has 0 spiro atoms. The topological polar surface area (TPSA) is 38.2 Å². The summed E-state index contributed by atoms with van der Waals surface area (Å²) in [5.41, 5.74) is 0. The molecule has 5 heteroatoms. The van der Waals surface area contributed by atoms with Crippen molar-refractivity contribution in [3.63, 3.8) is 0 Å². The maximum absolute atomic E-state index is 5.59. The molecule has 0 fully saturated rings. The Kier molecular flexibility index (Phi) is 2.62. The van der Waals surface area contributed by atoms with E-state index in [2.05, 4.69) is 9.97 Å². The first-order valence-electron chi connectivity index (χ1n) is 2.99. The van der Waals surface area contributed by atoms with Crippen molar-refractivity contribution >= 4 is 17.4 Å². The first-order chi connectivity index (χ1) is 5.24. The second-order valence-corrected chi connectivity index (χ2v) is 2.27. The molecular formula is C6H8ClN3O. The largest absolute Gasteiger partial charge is 0.276 e. The van der Waals surface area contributed by atoms with E-state index in [1.54, 1.807) is 20.4 Å². The lowest BCUT2D eigenvalue weighted by atomic mass is 10.6. The first kappa shape index (κ1) is 8.23. The molecule has 1 aromatic heterocycles. The Balaban J connectivity index is 2.86. The molecule has 0 saturated carbocycles. The van der Waals surface area contributed by atoms with Gasteiger partial charge in [-0.2, -0.15) is 0 Å². The first-order valence-corrected chi connectivity index (χ1v) is 3.37. The Hall–Kier alpha value is -0.870. The van der Waals surface area contributed by atoms with Crippen molar-refractivity contribution in [2.24, 2.45) is 0 Å². The zero-order valence-corrected chi connectivity index (χ0v) is 7.04. The van der Waals surface area contributed by atoms with Gasteiger partial charge in [-0.15, -0.1) is 0 Å². The van der Waals surface area contributed by atoms with Crippen molar-refractivity contribution in [1.29, 1.82) is 0 Å². The van der Waals surface area contributed by atoms with E-state index in [0.717, 1.165) is 0 Å². The minimum absolute atomic E-state index is 0.353. The summed E-state index contributed by atoms with van der Waals surface area (Å²) in [6.45, 7) is 0. The van der Waals surface area contributed by atoms with Gasteiger partial charge in [0.2, 0.25) is 0 Å². The summed E-state index contributed by atoms with van der Waals surface area (Å²) in [6.07, 6.45) is 3.03. The molecule has 1 rings (SSSR count). The van der Waals surface area contributed by atoms with E-state index < -0.39 is 0 Å². The molecule has 0 aliphatic carbocycles. The SMILES string of the molecule is CON(C)c1cncc(Cl)n1. The molecule has 1 aromatic rings. The Morgan fingerprint density at radius 1 is 1.55 bits per heavy atom. The molecule has 4 nitrogen and oxygen atoms in total. The molecule has 1 heterocycles. The lowest BCUT2D eigenvalue weighted by Gasteiger charge is -2.13. The van der Waals surface area contributed by atoms with Crippen LogP contribution in [0.15, 0.2) is 12.4 Å². The summed E-state index contributed by atoms with van der Waals surface area (Å²) < 4.78 is 0. The van der Waals surface area contributed by atoms with Crippen LogP contribution < -0.4 is 5.06 Å². The molecule has 0 aliphatic heterocycles. The fourth-order valence-corrected chi connectivity index (χ4v) is 0.721. The number of halogens is 1. The van der Waals surface area contributed by atoms with Crippen molar-refractivity contribution in [2.45, 2.75) is 0 Å². The number of anilines is 1. The van der Waals surface area contributed by atoms with Crippen LogP contribution in [0.4, 0.5) is 5.82 Å². The van der Waals surface area contributed by atoms with Crippen molar-refractivity contribution in [2.75, 3.05) is 19.2 Å². The maximum Gasteiger partial charge on any atom is 0.172 e. The van der Waals surface area contributed by atoms with Crippen LogP contribution in [-0.2, 0) is 4.84 Å². The van der Waals surface area contributed by atoms with Gasteiger partial charge < -0.3 is 0 Å². The second kappa shape index (κ2) is 3.50. The summed E-state index contributed by atoms with van der Waals surface area (Å²) in [4.78, 5) is 12.6. The molecule has 0 radical (unpaired) electrons. The summed E-state index contributed by atoms with van der Waals surface area (Å²) in [5.74, 6) is 0.583. The predicted molar refractivity (Wildman–Crippen MR) is 42.5 cm³/mol. The molecule has 0 amide bonds. The van der Waals surface area contributed by atoms with Crippen molar-refractivity contribution in [3.8, 4) is 0 Å². The molecule has 60 valence electrons. The molecule has 0 aliphatic rings. The Morgan fingerprint density at radius 2 is 2.27 bits per heavy atom. The number of rotatable bonds is 2. The lowest BCUT2D eigenvalue weighted by molar-refractivity contribution is 0.182. The van der Waals surface area contributed by atoms with Gasteiger partial charge in [-0.1, -0.05) is 11.6 Å². The molecule has 0 atom stereocenters. The van der Waals surface area contributed by atoms with Crippen LogP contribution in [0, 0.1) is 0 Å². The fourth-order valence-electron chi connectivity index (χ4n) is 0.578. The van der Waals surface area contributed by atoms with Crippen LogP contribution in [0.3, 0.4) is 0 Å². The summed E-state index contributed by atoms with van der Waals surface area (Å²) in [7, 11) is 3.27. The highest BCUT2D eigenvalue weighted by molar-refractivity contribution is 6.29. The molecule has 0 bridgehead atoms. The Labute approximate surface area is 69.7 Å². The standard InChI is InChI=1S/C6H8ClN3O/c1-10(11-2)6-4-8-3-5(7)9-6/h3-4H,1-2H3. The average molecular weight is 174 g/mol. The molecule has 11 heavy (non-hydrogen) atoms. The van der Waals surface area contributed by atoms with Crippen LogP contribution >= 0.6 is 11.6 Å². The third-order valence-corrected chi connectivity index (χ3v) is 1.37. The smallest absolute Gasteiger partial charge is 0.172 e. The minimum atomic E-state index is 0.353. The predicted octanol–water partition coefficient (Wildman–Crippen LogP) is 1.13. The van der Waals surface area contributed by atoms with Crippen LogP contribution in [0.2, 0.25) is 5.15 Å². The number of aromatic nitrogens is 2. The average Bonchev–Trinajstić information content (AvgIpc) is 2.03. The van der Waals surface area contributed by atoms with E-state index in [-0.39, 0.29) is 0 Å². The lowest BCUT2D eigenvalue weighted by Crippen LogP contribution is -2.16. The normalized spacial score (nSPS) is 9.73. The molecule has 0 unspecified atom stereocenters. The number of hydrogen-bond acceptors (Lipinski definition) is 4. The van der Waals surface area contributed by atoms with Crippen molar-refractivity contribution in [1.82, 2.24) is 9.97 Å². The minimum Gasteiger partial charge on any atom is -0.276 e. The van der Waals surface area contributed by atoms with Gasteiger partial charge in [0, 0.05) is 7.05 Å². The van der Waals surface area contributed by atoms with Crippen LogP contribution in [-0.4, -0.2) is 24.1 Å². The summed E-state index contributed by atoms with van der Waals surface area (Å²) in [6, 6.07) is 0. The maximum atomic E-state index is 5.59. The van der Waals surface area contributed by atoms with E-state index in [1.807, 2.05) is 0 Å². The third kappa shape index (κ3) is 2.03. The van der Waals surface area contributed by atoms with Gasteiger partial charge >= 0.3 is 0 Å². The molecule has 0 N–H and O–H groups in total. The van der Waals surface area contributed by atoms with Crippen molar-refractivity contribution < 1.29 is 4.84 Å². The van der Waals surface area contributed by atoms with Crippen LogP contribution in [0.25, 0.3) is 0 Å². The van der Waals surface area contributed by atoms with Gasteiger partial charge in [0.1, 0.15) is 5.15 Å². The van der Waals surface area contributed by atoms with Gasteiger partial charge in [-0.3, -0.25) is 9.82 Å².